The van der Waals surface area contributed by atoms with Gasteiger partial charge in [0.1, 0.15) is 0 Å². The van der Waals surface area contributed by atoms with Crippen molar-refractivity contribution in [1.29, 1.82) is 0 Å². The van der Waals surface area contributed by atoms with Crippen LogP contribution in [0.15, 0.2) is 24.3 Å². The quantitative estimate of drug-likeness (QED) is 0.896. The Morgan fingerprint density at radius 1 is 1.43 bits per heavy atom. The van der Waals surface area contributed by atoms with Gasteiger partial charge in [-0.15, -0.1) is 0 Å². The Kier molecular flexibility index (Phi) is 4.44. The summed E-state index contributed by atoms with van der Waals surface area (Å²) in [5, 5.41) is 8.46. The second-order valence-electron chi connectivity index (χ2n) is 6.35. The fourth-order valence-corrected chi connectivity index (χ4v) is 3.03. The summed E-state index contributed by atoms with van der Waals surface area (Å²) in [6, 6.07) is 7.71. The molecular formula is C18H22ClN3O. The van der Waals surface area contributed by atoms with Crippen LogP contribution in [0.5, 0.6) is 0 Å². The van der Waals surface area contributed by atoms with E-state index < -0.39 is 0 Å². The van der Waals surface area contributed by atoms with Crippen molar-refractivity contribution in [3.05, 3.63) is 46.2 Å². The fraction of sp³-hybridized carbons (Fsp3) is 0.444. The number of nitrogens with zero attached hydrogens (tertiary/aromatic N) is 2. The molecule has 0 saturated heterocycles. The van der Waals surface area contributed by atoms with Gasteiger partial charge in [-0.2, -0.15) is 5.10 Å². The number of benzene rings is 1. The third-order valence-corrected chi connectivity index (χ3v) is 4.24. The van der Waals surface area contributed by atoms with E-state index in [0.717, 1.165) is 41.9 Å². The van der Waals surface area contributed by atoms with Crippen LogP contribution in [0, 0.1) is 0 Å². The molecule has 0 spiro atoms. The monoisotopic (exact) mass is 331 g/mol. The van der Waals surface area contributed by atoms with Crippen LogP contribution >= 0.6 is 11.6 Å². The lowest BCUT2D eigenvalue weighted by Crippen LogP contribution is -2.31. The molecule has 1 aromatic carbocycles. The Labute approximate surface area is 141 Å². The predicted molar refractivity (Wildman–Crippen MR) is 92.5 cm³/mol. The Morgan fingerprint density at radius 2 is 2.17 bits per heavy atom. The van der Waals surface area contributed by atoms with Crippen molar-refractivity contribution in [2.24, 2.45) is 0 Å². The van der Waals surface area contributed by atoms with Gasteiger partial charge in [0.2, 0.25) is 0 Å². The van der Waals surface area contributed by atoms with Gasteiger partial charge < -0.3 is 5.32 Å². The van der Waals surface area contributed by atoms with Crippen molar-refractivity contribution in [3.63, 3.8) is 0 Å². The standard InChI is InChI=1S/C18H22ClN3O/c1-4-15-16(18(23)20-11(2)3)17(12-8-9-12)21-22(15)14-7-5-6-13(19)10-14/h5-7,10-12H,4,8-9H2,1-3H3,(H,20,23). The summed E-state index contributed by atoms with van der Waals surface area (Å²) in [7, 11) is 0. The largest absolute Gasteiger partial charge is 0.350 e. The first-order chi connectivity index (χ1) is 11.0. The van der Waals surface area contributed by atoms with E-state index >= 15 is 0 Å². The zero-order valence-electron chi connectivity index (χ0n) is 13.8. The number of hydrogen-bond acceptors (Lipinski definition) is 2. The highest BCUT2D eigenvalue weighted by atomic mass is 35.5. The fourth-order valence-electron chi connectivity index (χ4n) is 2.84. The molecule has 2 aromatic rings. The van der Waals surface area contributed by atoms with Crippen LogP contribution in [-0.4, -0.2) is 21.7 Å². The molecule has 1 aliphatic carbocycles. The molecular weight excluding hydrogens is 310 g/mol. The summed E-state index contributed by atoms with van der Waals surface area (Å²) in [6.45, 7) is 6.00. The molecule has 3 rings (SSSR count). The first-order valence-corrected chi connectivity index (χ1v) is 8.57. The minimum Gasteiger partial charge on any atom is -0.350 e. The van der Waals surface area contributed by atoms with Crippen LogP contribution < -0.4 is 5.32 Å². The average molecular weight is 332 g/mol. The van der Waals surface area contributed by atoms with Gasteiger partial charge in [0.25, 0.3) is 5.91 Å². The van der Waals surface area contributed by atoms with Crippen molar-refractivity contribution in [3.8, 4) is 5.69 Å². The molecule has 1 amide bonds. The van der Waals surface area contributed by atoms with Crippen molar-refractivity contribution in [1.82, 2.24) is 15.1 Å². The van der Waals surface area contributed by atoms with Crippen LogP contribution in [0.1, 0.15) is 61.3 Å². The number of aromatic nitrogens is 2. The highest BCUT2D eigenvalue weighted by molar-refractivity contribution is 6.30. The molecule has 0 aliphatic heterocycles. The first-order valence-electron chi connectivity index (χ1n) is 8.19. The lowest BCUT2D eigenvalue weighted by Gasteiger charge is -2.11. The highest BCUT2D eigenvalue weighted by Gasteiger charge is 2.34. The molecule has 23 heavy (non-hydrogen) atoms. The van der Waals surface area contributed by atoms with E-state index in [4.69, 9.17) is 16.7 Å². The van der Waals surface area contributed by atoms with Gasteiger partial charge in [-0.25, -0.2) is 4.68 Å². The van der Waals surface area contributed by atoms with Gasteiger partial charge in [0.15, 0.2) is 0 Å². The molecule has 0 atom stereocenters. The Bertz CT molecular complexity index is 732. The van der Waals surface area contributed by atoms with E-state index in [-0.39, 0.29) is 11.9 Å². The second-order valence-corrected chi connectivity index (χ2v) is 6.79. The van der Waals surface area contributed by atoms with Gasteiger partial charge in [-0.05, 0) is 51.3 Å². The third kappa shape index (κ3) is 3.27. The van der Waals surface area contributed by atoms with Crippen LogP contribution in [0.2, 0.25) is 5.02 Å². The number of hydrogen-bond donors (Lipinski definition) is 1. The minimum atomic E-state index is -0.0213. The van der Waals surface area contributed by atoms with Crippen LogP contribution in [0.25, 0.3) is 5.69 Å². The molecule has 1 heterocycles. The second kappa shape index (κ2) is 6.36. The van der Waals surface area contributed by atoms with E-state index in [0.29, 0.717) is 10.9 Å². The molecule has 1 N–H and O–H groups in total. The number of rotatable bonds is 5. The summed E-state index contributed by atoms with van der Waals surface area (Å²) in [5.41, 5.74) is 3.54. The summed E-state index contributed by atoms with van der Waals surface area (Å²) >= 11 is 6.12. The lowest BCUT2D eigenvalue weighted by atomic mass is 10.1. The highest BCUT2D eigenvalue weighted by Crippen LogP contribution is 2.42. The third-order valence-electron chi connectivity index (χ3n) is 4.01. The molecule has 4 nitrogen and oxygen atoms in total. The molecule has 0 bridgehead atoms. The average Bonchev–Trinajstić information content (AvgIpc) is 3.26. The summed E-state index contributed by atoms with van der Waals surface area (Å²) in [6.07, 6.45) is 2.96. The summed E-state index contributed by atoms with van der Waals surface area (Å²) in [5.74, 6) is 0.390. The SMILES string of the molecule is CCc1c(C(=O)NC(C)C)c(C2CC2)nn1-c1cccc(Cl)c1. The maximum Gasteiger partial charge on any atom is 0.255 e. The topological polar surface area (TPSA) is 46.9 Å². The number of nitrogens with one attached hydrogen (secondary N) is 1. The van der Waals surface area contributed by atoms with Gasteiger partial charge in [-0.3, -0.25) is 4.79 Å². The zero-order valence-corrected chi connectivity index (χ0v) is 14.5. The van der Waals surface area contributed by atoms with E-state index in [1.807, 2.05) is 42.8 Å². The smallest absolute Gasteiger partial charge is 0.255 e. The van der Waals surface area contributed by atoms with E-state index in [1.54, 1.807) is 0 Å². The molecule has 1 saturated carbocycles. The Hall–Kier alpha value is -1.81. The van der Waals surface area contributed by atoms with Crippen LogP contribution in [0.4, 0.5) is 0 Å². The number of amides is 1. The van der Waals surface area contributed by atoms with E-state index in [9.17, 15) is 4.79 Å². The maximum atomic E-state index is 12.7. The maximum absolute atomic E-state index is 12.7. The molecule has 0 radical (unpaired) electrons. The van der Waals surface area contributed by atoms with Gasteiger partial charge in [0.05, 0.1) is 22.6 Å². The molecule has 0 unspecified atom stereocenters. The van der Waals surface area contributed by atoms with Gasteiger partial charge in [-0.1, -0.05) is 24.6 Å². The van der Waals surface area contributed by atoms with Crippen molar-refractivity contribution in [2.45, 2.75) is 52.0 Å². The normalized spacial score (nSPS) is 14.3. The minimum absolute atomic E-state index is 0.0213. The molecule has 122 valence electrons. The lowest BCUT2D eigenvalue weighted by molar-refractivity contribution is 0.0941. The first kappa shape index (κ1) is 16.1. The molecule has 5 heteroatoms. The van der Waals surface area contributed by atoms with Crippen molar-refractivity contribution in [2.75, 3.05) is 0 Å². The predicted octanol–water partition coefficient (Wildman–Crippen LogP) is 4.10. The van der Waals surface area contributed by atoms with E-state index in [1.165, 1.54) is 0 Å². The summed E-state index contributed by atoms with van der Waals surface area (Å²) < 4.78 is 1.88. The van der Waals surface area contributed by atoms with Crippen molar-refractivity contribution < 1.29 is 4.79 Å². The number of carbonyl (C=O) groups excluding carboxylic acids is 1. The van der Waals surface area contributed by atoms with Gasteiger partial charge >= 0.3 is 0 Å². The van der Waals surface area contributed by atoms with E-state index in [2.05, 4.69) is 12.2 Å². The molecule has 1 fully saturated rings. The Morgan fingerprint density at radius 3 is 2.74 bits per heavy atom. The number of carbonyl (C=O) groups is 1. The molecule has 1 aliphatic rings. The zero-order chi connectivity index (χ0) is 16.6. The van der Waals surface area contributed by atoms with Crippen LogP contribution in [-0.2, 0) is 6.42 Å². The van der Waals surface area contributed by atoms with Gasteiger partial charge in [0, 0.05) is 17.0 Å². The van der Waals surface area contributed by atoms with Crippen molar-refractivity contribution >= 4 is 17.5 Å². The van der Waals surface area contributed by atoms with Crippen LogP contribution in [0.3, 0.4) is 0 Å². The summed E-state index contributed by atoms with van der Waals surface area (Å²) in [4.78, 5) is 12.7. The Balaban J connectivity index is 2.12. The number of halogens is 1. The molecule has 1 aromatic heterocycles.